The number of rotatable bonds is 7. The van der Waals surface area contributed by atoms with Crippen molar-refractivity contribution >= 4 is 41.1 Å². The molecule has 2 saturated heterocycles. The van der Waals surface area contributed by atoms with Gasteiger partial charge in [0.2, 0.25) is 0 Å². The van der Waals surface area contributed by atoms with Crippen LogP contribution < -0.4 is 5.32 Å². The zero-order valence-corrected chi connectivity index (χ0v) is 18.0. The molecule has 2 fully saturated rings. The number of ether oxygens (including phenoxy) is 1. The Balaban J connectivity index is 1.52. The van der Waals surface area contributed by atoms with Crippen LogP contribution in [-0.2, 0) is 4.74 Å². The number of likely N-dealkylation sites (tertiary alicyclic amines) is 1. The number of hydrogen-bond acceptors (Lipinski definition) is 5. The van der Waals surface area contributed by atoms with Crippen LogP contribution in [0, 0.1) is 0 Å². The Kier molecular flexibility index (Phi) is 7.97. The lowest BCUT2D eigenvalue weighted by Crippen LogP contribution is -2.60. The predicted molar refractivity (Wildman–Crippen MR) is 113 cm³/mol. The lowest BCUT2D eigenvalue weighted by atomic mass is 9.95. The molecule has 1 aromatic rings. The van der Waals surface area contributed by atoms with Gasteiger partial charge in [0.25, 0.3) is 0 Å². The van der Waals surface area contributed by atoms with E-state index in [0.717, 1.165) is 31.6 Å². The van der Waals surface area contributed by atoms with Gasteiger partial charge in [-0.05, 0) is 30.7 Å². The van der Waals surface area contributed by atoms with Crippen molar-refractivity contribution in [1.29, 1.82) is 0 Å². The van der Waals surface area contributed by atoms with Crippen LogP contribution in [0.3, 0.4) is 0 Å². The van der Waals surface area contributed by atoms with Crippen LogP contribution in [0.1, 0.15) is 17.9 Å². The first kappa shape index (κ1) is 21.1. The average molecular weight is 432 g/mol. The highest BCUT2D eigenvalue weighted by molar-refractivity contribution is 7.99. The summed E-state index contributed by atoms with van der Waals surface area (Å²) in [7, 11) is 1.57. The van der Waals surface area contributed by atoms with Crippen LogP contribution in [0.25, 0.3) is 0 Å². The number of halogens is 2. The first-order valence-electron chi connectivity index (χ1n) is 9.40. The Morgan fingerprint density at radius 2 is 2.04 bits per heavy atom. The van der Waals surface area contributed by atoms with E-state index in [1.807, 2.05) is 12.1 Å². The minimum atomic E-state index is -0.410. The van der Waals surface area contributed by atoms with Crippen LogP contribution in [-0.4, -0.2) is 79.8 Å². The van der Waals surface area contributed by atoms with Gasteiger partial charge in [0.15, 0.2) is 0 Å². The van der Waals surface area contributed by atoms with E-state index in [4.69, 9.17) is 27.9 Å². The van der Waals surface area contributed by atoms with Gasteiger partial charge in [-0.15, -0.1) is 0 Å². The molecule has 2 aliphatic heterocycles. The zero-order chi connectivity index (χ0) is 19.2. The van der Waals surface area contributed by atoms with Gasteiger partial charge in [-0.1, -0.05) is 29.3 Å². The molecular weight excluding hydrogens is 405 g/mol. The van der Waals surface area contributed by atoms with Crippen molar-refractivity contribution in [2.24, 2.45) is 0 Å². The van der Waals surface area contributed by atoms with Crippen LogP contribution in [0.2, 0.25) is 10.0 Å². The predicted octanol–water partition coefficient (Wildman–Crippen LogP) is 3.56. The molecular formula is C19H27Cl2N3O2S. The summed E-state index contributed by atoms with van der Waals surface area (Å²) in [6.07, 6.45) is 0.504. The molecule has 0 radical (unpaired) electrons. The molecule has 0 saturated carbocycles. The quantitative estimate of drug-likeness (QED) is 0.714. The molecule has 27 heavy (non-hydrogen) atoms. The number of alkyl carbamates (subject to hydrolysis) is 1. The van der Waals surface area contributed by atoms with E-state index in [1.165, 1.54) is 24.6 Å². The minimum absolute atomic E-state index is 0.0995. The Morgan fingerprint density at radius 3 is 2.70 bits per heavy atom. The van der Waals surface area contributed by atoms with Crippen LogP contribution >= 0.6 is 35.0 Å². The zero-order valence-electron chi connectivity index (χ0n) is 15.6. The Labute approximate surface area is 175 Å². The largest absolute Gasteiger partial charge is 0.449 e. The highest BCUT2D eigenvalue weighted by Gasteiger charge is 2.32. The van der Waals surface area contributed by atoms with Crippen molar-refractivity contribution < 1.29 is 9.53 Å². The highest BCUT2D eigenvalue weighted by atomic mass is 35.5. The number of thioether (sulfide) groups is 1. The fraction of sp³-hybridized carbons (Fsp3) is 0.632. The Hall–Kier alpha value is -0.660. The lowest BCUT2D eigenvalue weighted by molar-refractivity contribution is 0.0362. The monoisotopic (exact) mass is 431 g/mol. The summed E-state index contributed by atoms with van der Waals surface area (Å²) in [5, 5.41) is 3.57. The van der Waals surface area contributed by atoms with Gasteiger partial charge in [0, 0.05) is 56.7 Å². The first-order chi connectivity index (χ1) is 13.1. The molecule has 1 N–H and O–H groups in total. The van der Waals surface area contributed by atoms with Crippen molar-refractivity contribution in [1.82, 2.24) is 15.1 Å². The molecule has 5 nitrogen and oxygen atoms in total. The third-order valence-corrected chi connectivity index (χ3v) is 7.01. The standard InChI is InChI=1S/C19H27Cl2N3O2S/c1-22-19(25)26-13-15(14-2-3-17(20)18(21)10-14)4-5-23-11-16(12-23)24-6-8-27-9-7-24/h2-3,10,15-16H,4-9,11-13H2,1H3,(H,22,25)/t15-/m1/s1. The number of carbonyl (C=O) groups excluding carboxylic acids is 1. The van der Waals surface area contributed by atoms with E-state index in [1.54, 1.807) is 13.1 Å². The van der Waals surface area contributed by atoms with Crippen molar-refractivity contribution in [3.63, 3.8) is 0 Å². The van der Waals surface area contributed by atoms with Crippen LogP contribution in [0.5, 0.6) is 0 Å². The Bertz CT molecular complexity index is 637. The van der Waals surface area contributed by atoms with Gasteiger partial charge in [-0.25, -0.2) is 4.79 Å². The van der Waals surface area contributed by atoms with Gasteiger partial charge >= 0.3 is 6.09 Å². The van der Waals surface area contributed by atoms with Gasteiger partial charge < -0.3 is 15.0 Å². The second-order valence-electron chi connectivity index (χ2n) is 7.07. The molecule has 0 aromatic heterocycles. The summed E-state index contributed by atoms with van der Waals surface area (Å²) in [4.78, 5) is 16.6. The summed E-state index contributed by atoms with van der Waals surface area (Å²) < 4.78 is 5.32. The molecule has 1 atom stereocenters. The van der Waals surface area contributed by atoms with E-state index in [-0.39, 0.29) is 5.92 Å². The number of amides is 1. The SMILES string of the molecule is CNC(=O)OC[C@@H](CCN1CC(N2CCSCC2)C1)c1ccc(Cl)c(Cl)c1. The maximum absolute atomic E-state index is 11.5. The maximum Gasteiger partial charge on any atom is 0.406 e. The van der Waals surface area contributed by atoms with E-state index in [0.29, 0.717) is 22.7 Å². The van der Waals surface area contributed by atoms with E-state index in [2.05, 4.69) is 26.9 Å². The highest BCUT2D eigenvalue weighted by Crippen LogP contribution is 2.29. The number of hydrogen-bond donors (Lipinski definition) is 1. The lowest BCUT2D eigenvalue weighted by Gasteiger charge is -2.47. The Morgan fingerprint density at radius 1 is 1.30 bits per heavy atom. The summed E-state index contributed by atoms with van der Waals surface area (Å²) in [5.41, 5.74) is 1.05. The number of nitrogens with one attached hydrogen (secondary N) is 1. The molecule has 1 amide bonds. The number of nitrogens with zero attached hydrogens (tertiary/aromatic N) is 2. The summed E-state index contributed by atoms with van der Waals surface area (Å²) >= 11 is 14.3. The molecule has 0 bridgehead atoms. The summed E-state index contributed by atoms with van der Waals surface area (Å²) in [6.45, 7) is 6.02. The first-order valence-corrected chi connectivity index (χ1v) is 11.3. The van der Waals surface area contributed by atoms with Gasteiger partial charge in [0.1, 0.15) is 6.61 Å². The maximum atomic E-state index is 11.5. The van der Waals surface area contributed by atoms with Crippen molar-refractivity contribution in [2.45, 2.75) is 18.4 Å². The van der Waals surface area contributed by atoms with Gasteiger partial charge in [-0.2, -0.15) is 11.8 Å². The molecule has 2 heterocycles. The van der Waals surface area contributed by atoms with Crippen molar-refractivity contribution in [3.8, 4) is 0 Å². The molecule has 150 valence electrons. The molecule has 0 spiro atoms. The topological polar surface area (TPSA) is 44.8 Å². The molecule has 1 aromatic carbocycles. The average Bonchev–Trinajstić information content (AvgIpc) is 2.65. The second-order valence-corrected chi connectivity index (χ2v) is 9.11. The molecule has 2 aliphatic rings. The molecule has 3 rings (SSSR count). The van der Waals surface area contributed by atoms with Gasteiger partial charge in [0.05, 0.1) is 10.0 Å². The van der Waals surface area contributed by atoms with E-state index < -0.39 is 6.09 Å². The van der Waals surface area contributed by atoms with Crippen LogP contribution in [0.15, 0.2) is 18.2 Å². The summed E-state index contributed by atoms with van der Waals surface area (Å²) in [6, 6.07) is 6.36. The third-order valence-electron chi connectivity index (χ3n) is 5.33. The molecule has 0 aliphatic carbocycles. The minimum Gasteiger partial charge on any atom is -0.449 e. The van der Waals surface area contributed by atoms with Crippen molar-refractivity contribution in [3.05, 3.63) is 33.8 Å². The summed E-state index contributed by atoms with van der Waals surface area (Å²) in [5.74, 6) is 2.61. The fourth-order valence-corrected chi connectivity index (χ4v) is 4.84. The fourth-order valence-electron chi connectivity index (χ4n) is 3.60. The molecule has 8 heteroatoms. The van der Waals surface area contributed by atoms with Gasteiger partial charge in [-0.3, -0.25) is 4.90 Å². The third kappa shape index (κ3) is 5.91. The second kappa shape index (κ2) is 10.2. The normalized spacial score (nSPS) is 20.1. The van der Waals surface area contributed by atoms with Crippen molar-refractivity contribution in [2.75, 3.05) is 57.9 Å². The smallest absolute Gasteiger partial charge is 0.406 e. The van der Waals surface area contributed by atoms with Crippen LogP contribution in [0.4, 0.5) is 4.79 Å². The number of carbonyl (C=O) groups is 1. The number of benzene rings is 1. The van der Waals surface area contributed by atoms with E-state index >= 15 is 0 Å². The molecule has 0 unspecified atom stereocenters. The van der Waals surface area contributed by atoms with E-state index in [9.17, 15) is 4.79 Å².